The average molecular weight is 377 g/mol. The third kappa shape index (κ3) is 3.66. The molecule has 5 heteroatoms. The van der Waals surface area contributed by atoms with E-state index in [4.69, 9.17) is 0 Å². The molecular formula is C23H27N3O2. The fourth-order valence-electron chi connectivity index (χ4n) is 5.24. The van der Waals surface area contributed by atoms with E-state index in [1.807, 2.05) is 23.1 Å². The Balaban J connectivity index is 1.46. The molecule has 1 saturated carbocycles. The first-order chi connectivity index (χ1) is 13.2. The maximum atomic E-state index is 13.1. The third-order valence-corrected chi connectivity index (χ3v) is 5.96. The van der Waals surface area contributed by atoms with E-state index in [-0.39, 0.29) is 22.6 Å². The predicted octanol–water partition coefficient (Wildman–Crippen LogP) is 4.37. The highest BCUT2D eigenvalue weighted by Crippen LogP contribution is 2.52. The molecular weight excluding hydrogens is 350 g/mol. The van der Waals surface area contributed by atoms with Crippen molar-refractivity contribution in [3.05, 3.63) is 59.8 Å². The number of fused-ring (bicyclic) bond motifs is 2. The van der Waals surface area contributed by atoms with Gasteiger partial charge in [0.05, 0.1) is 5.56 Å². The molecule has 2 fully saturated rings. The number of likely N-dealkylation sites (tertiary alicyclic amines) is 1. The first-order valence-corrected chi connectivity index (χ1v) is 9.88. The van der Waals surface area contributed by atoms with Gasteiger partial charge in [0.25, 0.3) is 11.8 Å². The summed E-state index contributed by atoms with van der Waals surface area (Å²) in [6.45, 7) is 7.72. The van der Waals surface area contributed by atoms with Crippen molar-refractivity contribution in [2.24, 2.45) is 10.8 Å². The Hall–Kier alpha value is -2.69. The number of nitrogens with one attached hydrogen (secondary N) is 1. The summed E-state index contributed by atoms with van der Waals surface area (Å²) < 4.78 is 0. The molecule has 2 heterocycles. The lowest BCUT2D eigenvalue weighted by Gasteiger charge is -2.39. The third-order valence-electron chi connectivity index (χ3n) is 5.96. The minimum atomic E-state index is -0.212. The summed E-state index contributed by atoms with van der Waals surface area (Å²) in [7, 11) is 0. The van der Waals surface area contributed by atoms with Gasteiger partial charge in [0, 0.05) is 24.3 Å². The average Bonchev–Trinajstić information content (AvgIpc) is 2.91. The van der Waals surface area contributed by atoms with Crippen molar-refractivity contribution in [1.82, 2.24) is 9.88 Å². The number of benzene rings is 1. The Kier molecular flexibility index (Phi) is 4.48. The number of hydrogen-bond donors (Lipinski definition) is 1. The number of carbonyl (C=O) groups is 2. The standard InChI is InChI=1S/C23H27N3O2/c1-22(2)11-18-12-23(3,14-22)15-26(18)21(28)17-9-10-19(24-13-17)25-20(27)16-7-5-4-6-8-16/h4-10,13,18H,11-12,14-15H2,1-3H3,(H,24,25,27). The van der Waals surface area contributed by atoms with Crippen molar-refractivity contribution in [1.29, 1.82) is 0 Å². The monoisotopic (exact) mass is 377 g/mol. The summed E-state index contributed by atoms with van der Waals surface area (Å²) in [5.41, 5.74) is 1.63. The van der Waals surface area contributed by atoms with Crippen LogP contribution in [0.3, 0.4) is 0 Å². The van der Waals surface area contributed by atoms with Crippen LogP contribution in [0.5, 0.6) is 0 Å². The lowest BCUT2D eigenvalue weighted by Crippen LogP contribution is -2.37. The maximum absolute atomic E-state index is 13.1. The molecule has 146 valence electrons. The summed E-state index contributed by atoms with van der Waals surface area (Å²) in [5.74, 6) is 0.272. The molecule has 1 aromatic carbocycles. The fraction of sp³-hybridized carbons (Fsp3) is 0.435. The Morgan fingerprint density at radius 2 is 1.79 bits per heavy atom. The molecule has 2 aromatic rings. The van der Waals surface area contributed by atoms with Crippen LogP contribution in [0.1, 0.15) is 60.7 Å². The normalized spacial score (nSPS) is 25.4. The van der Waals surface area contributed by atoms with Crippen molar-refractivity contribution < 1.29 is 9.59 Å². The number of aromatic nitrogens is 1. The molecule has 2 aliphatic rings. The number of rotatable bonds is 3. The second-order valence-corrected chi connectivity index (χ2v) is 9.40. The molecule has 1 aliphatic carbocycles. The highest BCUT2D eigenvalue weighted by molar-refractivity contribution is 6.04. The van der Waals surface area contributed by atoms with E-state index in [1.165, 1.54) is 0 Å². The van der Waals surface area contributed by atoms with Crippen LogP contribution in [0, 0.1) is 10.8 Å². The van der Waals surface area contributed by atoms with Gasteiger partial charge in [0.1, 0.15) is 5.82 Å². The number of nitrogens with zero attached hydrogens (tertiary/aromatic N) is 2. The molecule has 4 rings (SSSR count). The van der Waals surface area contributed by atoms with Crippen LogP contribution in [0.4, 0.5) is 5.82 Å². The molecule has 28 heavy (non-hydrogen) atoms. The summed E-state index contributed by atoms with van der Waals surface area (Å²) >= 11 is 0. The highest BCUT2D eigenvalue weighted by atomic mass is 16.2. The van der Waals surface area contributed by atoms with Crippen molar-refractivity contribution in [2.45, 2.75) is 46.1 Å². The SMILES string of the molecule is CC1(C)CC2CC(C)(CN2C(=O)c2ccc(NC(=O)c3ccccc3)nc2)C1. The minimum Gasteiger partial charge on any atom is -0.335 e. The van der Waals surface area contributed by atoms with Crippen LogP contribution < -0.4 is 5.32 Å². The predicted molar refractivity (Wildman–Crippen MR) is 109 cm³/mol. The highest BCUT2D eigenvalue weighted by Gasteiger charge is 2.51. The molecule has 5 nitrogen and oxygen atoms in total. The molecule has 2 bridgehead atoms. The van der Waals surface area contributed by atoms with Gasteiger partial charge in [-0.25, -0.2) is 4.98 Å². The van der Waals surface area contributed by atoms with E-state index in [1.54, 1.807) is 30.5 Å². The van der Waals surface area contributed by atoms with Crippen molar-refractivity contribution in [3.8, 4) is 0 Å². The van der Waals surface area contributed by atoms with Gasteiger partial charge in [0.2, 0.25) is 0 Å². The van der Waals surface area contributed by atoms with Gasteiger partial charge < -0.3 is 10.2 Å². The van der Waals surface area contributed by atoms with Gasteiger partial charge in [0.15, 0.2) is 0 Å². The zero-order chi connectivity index (χ0) is 19.9. The number of carbonyl (C=O) groups excluding carboxylic acids is 2. The molecule has 1 N–H and O–H groups in total. The smallest absolute Gasteiger partial charge is 0.256 e. The van der Waals surface area contributed by atoms with E-state index in [0.717, 1.165) is 25.8 Å². The Morgan fingerprint density at radius 1 is 1.04 bits per heavy atom. The number of anilines is 1. The van der Waals surface area contributed by atoms with E-state index in [0.29, 0.717) is 23.0 Å². The summed E-state index contributed by atoms with van der Waals surface area (Å²) in [6.07, 6.45) is 4.86. The fourth-order valence-corrected chi connectivity index (χ4v) is 5.24. The van der Waals surface area contributed by atoms with Crippen LogP contribution in [0.25, 0.3) is 0 Å². The summed E-state index contributed by atoms with van der Waals surface area (Å²) in [5, 5.41) is 2.77. The molecule has 0 radical (unpaired) electrons. The first kappa shape index (κ1) is 18.7. The van der Waals surface area contributed by atoms with Crippen LogP contribution in [-0.2, 0) is 0 Å². The largest absolute Gasteiger partial charge is 0.335 e. The van der Waals surface area contributed by atoms with E-state index in [9.17, 15) is 9.59 Å². The molecule has 2 atom stereocenters. The number of amides is 2. The molecule has 1 aromatic heterocycles. The van der Waals surface area contributed by atoms with Gasteiger partial charge in [-0.1, -0.05) is 39.0 Å². The summed E-state index contributed by atoms with van der Waals surface area (Å²) in [4.78, 5) is 31.7. The van der Waals surface area contributed by atoms with Crippen molar-refractivity contribution in [2.75, 3.05) is 11.9 Å². The van der Waals surface area contributed by atoms with E-state index < -0.39 is 0 Å². The van der Waals surface area contributed by atoms with Crippen LogP contribution >= 0.6 is 0 Å². The number of pyridine rings is 1. The second kappa shape index (κ2) is 6.73. The lowest BCUT2D eigenvalue weighted by molar-refractivity contribution is 0.0707. The summed E-state index contributed by atoms with van der Waals surface area (Å²) in [6, 6.07) is 12.8. The van der Waals surface area contributed by atoms with Crippen LogP contribution in [-0.4, -0.2) is 34.3 Å². The lowest BCUT2D eigenvalue weighted by atomic mass is 9.65. The van der Waals surface area contributed by atoms with Gasteiger partial charge in [-0.2, -0.15) is 0 Å². The first-order valence-electron chi connectivity index (χ1n) is 9.88. The quantitative estimate of drug-likeness (QED) is 0.864. The zero-order valence-electron chi connectivity index (χ0n) is 16.7. The molecule has 1 aliphatic heterocycles. The minimum absolute atomic E-state index is 0.0415. The zero-order valence-corrected chi connectivity index (χ0v) is 16.7. The molecule has 0 spiro atoms. The van der Waals surface area contributed by atoms with E-state index >= 15 is 0 Å². The maximum Gasteiger partial charge on any atom is 0.256 e. The molecule has 1 saturated heterocycles. The Labute approximate surface area is 166 Å². The van der Waals surface area contributed by atoms with Crippen LogP contribution in [0.15, 0.2) is 48.7 Å². The van der Waals surface area contributed by atoms with Crippen LogP contribution in [0.2, 0.25) is 0 Å². The van der Waals surface area contributed by atoms with Gasteiger partial charge in [-0.05, 0) is 54.4 Å². The molecule has 2 unspecified atom stereocenters. The van der Waals surface area contributed by atoms with E-state index in [2.05, 4.69) is 31.1 Å². The van der Waals surface area contributed by atoms with Crippen molar-refractivity contribution >= 4 is 17.6 Å². The van der Waals surface area contributed by atoms with Gasteiger partial charge in [-0.15, -0.1) is 0 Å². The second-order valence-electron chi connectivity index (χ2n) is 9.40. The Morgan fingerprint density at radius 3 is 2.46 bits per heavy atom. The van der Waals surface area contributed by atoms with Crippen molar-refractivity contribution in [3.63, 3.8) is 0 Å². The molecule has 2 amide bonds. The Bertz CT molecular complexity index is 892. The number of hydrogen-bond acceptors (Lipinski definition) is 3. The topological polar surface area (TPSA) is 62.3 Å². The van der Waals surface area contributed by atoms with Gasteiger partial charge >= 0.3 is 0 Å². The van der Waals surface area contributed by atoms with Gasteiger partial charge in [-0.3, -0.25) is 9.59 Å².